The first-order chi connectivity index (χ1) is 10.2. The molecule has 0 unspecified atom stereocenters. The Hall–Kier alpha value is -2.56. The summed E-state index contributed by atoms with van der Waals surface area (Å²) >= 11 is 0. The van der Waals surface area contributed by atoms with Gasteiger partial charge in [0.1, 0.15) is 5.76 Å². The van der Waals surface area contributed by atoms with E-state index in [1.165, 1.54) is 5.56 Å². The number of nitrogens with zero attached hydrogens (tertiary/aromatic N) is 2. The molecule has 0 bridgehead atoms. The lowest BCUT2D eigenvalue weighted by atomic mass is 10.2. The van der Waals surface area contributed by atoms with Crippen LogP contribution in [0.3, 0.4) is 0 Å². The minimum atomic E-state index is -0.0114. The van der Waals surface area contributed by atoms with Gasteiger partial charge in [0.2, 0.25) is 5.91 Å². The number of furan rings is 1. The number of carbonyl (C=O) groups excluding carboxylic acids is 1. The molecule has 0 saturated heterocycles. The van der Waals surface area contributed by atoms with Crippen molar-refractivity contribution >= 4 is 16.8 Å². The quantitative estimate of drug-likeness (QED) is 0.783. The summed E-state index contributed by atoms with van der Waals surface area (Å²) in [5.74, 6) is 0.742. The number of carbonyl (C=O) groups is 1. The molecular weight excluding hydrogens is 266 g/mol. The van der Waals surface area contributed by atoms with Gasteiger partial charge >= 0.3 is 0 Å². The SMILES string of the molecule is Cc1ccc2cnn(CCC(=O)NCc3ccco3)c2c1. The van der Waals surface area contributed by atoms with E-state index < -0.39 is 0 Å². The Labute approximate surface area is 122 Å². The summed E-state index contributed by atoms with van der Waals surface area (Å²) in [6.07, 6.45) is 3.82. The monoisotopic (exact) mass is 283 g/mol. The van der Waals surface area contributed by atoms with Gasteiger partial charge in [-0.1, -0.05) is 12.1 Å². The summed E-state index contributed by atoms with van der Waals surface area (Å²) in [5.41, 5.74) is 2.25. The van der Waals surface area contributed by atoms with Crippen LogP contribution in [0.15, 0.2) is 47.2 Å². The second kappa shape index (κ2) is 5.83. The number of hydrogen-bond acceptors (Lipinski definition) is 3. The Morgan fingerprint density at radius 1 is 1.38 bits per heavy atom. The lowest BCUT2D eigenvalue weighted by molar-refractivity contribution is -0.121. The van der Waals surface area contributed by atoms with E-state index in [1.54, 1.807) is 12.3 Å². The first kappa shape index (κ1) is 13.4. The topological polar surface area (TPSA) is 60.1 Å². The van der Waals surface area contributed by atoms with Crippen molar-refractivity contribution in [1.29, 1.82) is 0 Å². The van der Waals surface area contributed by atoms with Crippen LogP contribution in [0, 0.1) is 6.92 Å². The van der Waals surface area contributed by atoms with Gasteiger partial charge in [0.15, 0.2) is 0 Å². The van der Waals surface area contributed by atoms with Gasteiger partial charge in [-0.05, 0) is 30.7 Å². The smallest absolute Gasteiger partial charge is 0.222 e. The number of rotatable bonds is 5. The Balaban J connectivity index is 1.58. The van der Waals surface area contributed by atoms with E-state index >= 15 is 0 Å². The molecule has 0 aliphatic rings. The van der Waals surface area contributed by atoms with Crippen molar-refractivity contribution in [3.05, 3.63) is 54.1 Å². The molecule has 21 heavy (non-hydrogen) atoms. The van der Waals surface area contributed by atoms with Gasteiger partial charge in [-0.2, -0.15) is 5.10 Å². The van der Waals surface area contributed by atoms with Crippen LogP contribution in [0.25, 0.3) is 10.9 Å². The average molecular weight is 283 g/mol. The zero-order valence-electron chi connectivity index (χ0n) is 11.9. The van der Waals surface area contributed by atoms with E-state index in [1.807, 2.05) is 29.9 Å². The van der Waals surface area contributed by atoms with Crippen molar-refractivity contribution in [2.45, 2.75) is 26.4 Å². The number of aromatic nitrogens is 2. The fraction of sp³-hybridized carbons (Fsp3) is 0.250. The highest BCUT2D eigenvalue weighted by atomic mass is 16.3. The molecule has 108 valence electrons. The van der Waals surface area contributed by atoms with Crippen molar-refractivity contribution in [1.82, 2.24) is 15.1 Å². The number of hydrogen-bond donors (Lipinski definition) is 1. The van der Waals surface area contributed by atoms with Crippen LogP contribution in [0.2, 0.25) is 0 Å². The lowest BCUT2D eigenvalue weighted by Crippen LogP contribution is -2.23. The van der Waals surface area contributed by atoms with Crippen LogP contribution in [0.4, 0.5) is 0 Å². The van der Waals surface area contributed by atoms with Crippen molar-refractivity contribution in [3.8, 4) is 0 Å². The Morgan fingerprint density at radius 3 is 3.10 bits per heavy atom. The molecule has 0 spiro atoms. The normalized spacial score (nSPS) is 10.9. The molecule has 1 N–H and O–H groups in total. The van der Waals surface area contributed by atoms with E-state index in [2.05, 4.69) is 22.5 Å². The first-order valence-electron chi connectivity index (χ1n) is 6.93. The van der Waals surface area contributed by atoms with Gasteiger partial charge in [0, 0.05) is 11.8 Å². The van der Waals surface area contributed by atoms with Crippen molar-refractivity contribution in [2.75, 3.05) is 0 Å². The van der Waals surface area contributed by atoms with E-state index in [9.17, 15) is 4.79 Å². The molecule has 0 atom stereocenters. The van der Waals surface area contributed by atoms with Crippen LogP contribution >= 0.6 is 0 Å². The van der Waals surface area contributed by atoms with Gasteiger partial charge in [0.05, 0.1) is 31.1 Å². The molecule has 0 aliphatic carbocycles. The highest BCUT2D eigenvalue weighted by molar-refractivity contribution is 5.80. The maximum absolute atomic E-state index is 11.8. The first-order valence-corrected chi connectivity index (χ1v) is 6.93. The largest absolute Gasteiger partial charge is 0.467 e. The van der Waals surface area contributed by atoms with Crippen LogP contribution in [0.1, 0.15) is 17.7 Å². The molecule has 2 aromatic heterocycles. The molecular formula is C16H17N3O2. The van der Waals surface area contributed by atoms with E-state index in [0.717, 1.165) is 16.7 Å². The highest BCUT2D eigenvalue weighted by Crippen LogP contribution is 2.15. The molecule has 3 rings (SSSR count). The van der Waals surface area contributed by atoms with Gasteiger partial charge in [-0.3, -0.25) is 9.48 Å². The third kappa shape index (κ3) is 3.13. The minimum Gasteiger partial charge on any atom is -0.467 e. The van der Waals surface area contributed by atoms with Crippen molar-refractivity contribution < 1.29 is 9.21 Å². The zero-order chi connectivity index (χ0) is 14.7. The maximum atomic E-state index is 11.8. The molecule has 5 nitrogen and oxygen atoms in total. The number of aryl methyl sites for hydroxylation is 2. The third-order valence-electron chi connectivity index (χ3n) is 3.39. The summed E-state index contributed by atoms with van der Waals surface area (Å²) in [6.45, 7) is 3.04. The van der Waals surface area contributed by atoms with Gasteiger partial charge in [-0.15, -0.1) is 0 Å². The fourth-order valence-electron chi connectivity index (χ4n) is 2.25. The summed E-state index contributed by atoms with van der Waals surface area (Å²) in [6, 6.07) is 9.84. The van der Waals surface area contributed by atoms with Crippen molar-refractivity contribution in [2.24, 2.45) is 0 Å². The van der Waals surface area contributed by atoms with Crippen LogP contribution < -0.4 is 5.32 Å². The summed E-state index contributed by atoms with van der Waals surface area (Å²) in [4.78, 5) is 11.8. The second-order valence-electron chi connectivity index (χ2n) is 5.04. The third-order valence-corrected chi connectivity index (χ3v) is 3.39. The maximum Gasteiger partial charge on any atom is 0.222 e. The molecule has 1 aromatic carbocycles. The molecule has 3 aromatic rings. The van der Waals surface area contributed by atoms with Crippen molar-refractivity contribution in [3.63, 3.8) is 0 Å². The van der Waals surface area contributed by atoms with Crippen LogP contribution in [-0.2, 0) is 17.9 Å². The molecule has 5 heteroatoms. The highest BCUT2D eigenvalue weighted by Gasteiger charge is 2.06. The zero-order valence-corrected chi connectivity index (χ0v) is 11.9. The van der Waals surface area contributed by atoms with E-state index in [0.29, 0.717) is 19.5 Å². The van der Waals surface area contributed by atoms with Gasteiger partial charge < -0.3 is 9.73 Å². The minimum absolute atomic E-state index is 0.0114. The number of fused-ring (bicyclic) bond motifs is 1. The Kier molecular flexibility index (Phi) is 3.73. The molecule has 0 fully saturated rings. The molecule has 0 saturated carbocycles. The fourth-order valence-corrected chi connectivity index (χ4v) is 2.25. The Bertz CT molecular complexity index is 744. The number of amides is 1. The second-order valence-corrected chi connectivity index (χ2v) is 5.04. The molecule has 0 radical (unpaired) electrons. The average Bonchev–Trinajstić information content (AvgIpc) is 3.12. The lowest BCUT2D eigenvalue weighted by Gasteiger charge is -2.05. The predicted molar refractivity (Wildman–Crippen MR) is 79.6 cm³/mol. The predicted octanol–water partition coefficient (Wildman–Crippen LogP) is 2.64. The van der Waals surface area contributed by atoms with Gasteiger partial charge in [0.25, 0.3) is 0 Å². The number of benzene rings is 1. The van der Waals surface area contributed by atoms with E-state index in [-0.39, 0.29) is 5.91 Å². The Morgan fingerprint density at radius 2 is 2.29 bits per heavy atom. The van der Waals surface area contributed by atoms with Crippen LogP contribution in [-0.4, -0.2) is 15.7 Å². The van der Waals surface area contributed by atoms with Gasteiger partial charge in [-0.25, -0.2) is 0 Å². The number of nitrogens with one attached hydrogen (secondary N) is 1. The molecule has 2 heterocycles. The van der Waals surface area contributed by atoms with E-state index in [4.69, 9.17) is 4.42 Å². The molecule has 0 aliphatic heterocycles. The summed E-state index contributed by atoms with van der Waals surface area (Å²) < 4.78 is 7.04. The standard InChI is InChI=1S/C16H17N3O2/c1-12-4-5-13-10-18-19(15(13)9-12)7-6-16(20)17-11-14-3-2-8-21-14/h2-5,8-10H,6-7,11H2,1H3,(H,17,20). The summed E-state index contributed by atoms with van der Waals surface area (Å²) in [7, 11) is 0. The van der Waals surface area contributed by atoms with Crippen LogP contribution in [0.5, 0.6) is 0 Å². The molecule has 1 amide bonds. The summed E-state index contributed by atoms with van der Waals surface area (Å²) in [5, 5.41) is 8.26.